The monoisotopic (exact) mass is 373 g/mol. The normalized spacial score (nSPS) is 11.5. The van der Waals surface area contributed by atoms with Gasteiger partial charge in [-0.2, -0.15) is 0 Å². The number of ether oxygens (including phenoxy) is 1. The number of esters is 1. The summed E-state index contributed by atoms with van der Waals surface area (Å²) in [7, 11) is 0. The molecule has 0 aliphatic carbocycles. The van der Waals surface area contributed by atoms with Gasteiger partial charge in [0.05, 0.1) is 13.0 Å². The molecule has 0 aliphatic rings. The number of nitrogens with two attached hydrogens (primary N) is 1. The van der Waals surface area contributed by atoms with E-state index in [1.165, 1.54) is 6.07 Å². The van der Waals surface area contributed by atoms with Gasteiger partial charge in [0.15, 0.2) is 0 Å². The average Bonchev–Trinajstić information content (AvgIpc) is 2.21. The first-order chi connectivity index (χ1) is 7.54. The average molecular weight is 374 g/mol. The highest BCUT2D eigenvalue weighted by atomic mass is 127. The number of halogens is 3. The Kier molecular flexibility index (Phi) is 7.65. The second-order valence-electron chi connectivity index (χ2n) is 3.28. The van der Waals surface area contributed by atoms with Gasteiger partial charge >= 0.3 is 5.97 Å². The van der Waals surface area contributed by atoms with E-state index in [2.05, 4.69) is 22.6 Å². The number of carbonyl (C=O) groups excluding carboxylic acids is 1. The fourth-order valence-electron chi connectivity index (χ4n) is 1.31. The predicted molar refractivity (Wildman–Crippen MR) is 74.5 cm³/mol. The van der Waals surface area contributed by atoms with Gasteiger partial charge in [0, 0.05) is 15.2 Å². The second kappa shape index (κ2) is 7.84. The molecule has 1 aromatic rings. The standard InChI is InChI=1S/C11H13FINO2.ClH/c1-2-16-11(15)6-10(14)8-5-7(13)3-4-9(8)12;/h3-5,10H,2,6,14H2,1H3;1H/t10-;/m0./s1. The summed E-state index contributed by atoms with van der Waals surface area (Å²) in [6, 6.07) is 3.98. The van der Waals surface area contributed by atoms with Crippen molar-refractivity contribution in [2.75, 3.05) is 6.61 Å². The molecule has 3 nitrogen and oxygen atoms in total. The molecule has 0 amide bonds. The largest absolute Gasteiger partial charge is 0.466 e. The van der Waals surface area contributed by atoms with Crippen molar-refractivity contribution < 1.29 is 13.9 Å². The van der Waals surface area contributed by atoms with Crippen LogP contribution in [0.4, 0.5) is 4.39 Å². The molecular weight excluding hydrogens is 359 g/mol. The molecule has 0 aromatic heterocycles. The van der Waals surface area contributed by atoms with Crippen molar-refractivity contribution in [3.8, 4) is 0 Å². The maximum atomic E-state index is 13.4. The Morgan fingerprint density at radius 2 is 2.24 bits per heavy atom. The lowest BCUT2D eigenvalue weighted by atomic mass is 10.0. The lowest BCUT2D eigenvalue weighted by Crippen LogP contribution is -2.18. The van der Waals surface area contributed by atoms with Crippen LogP contribution >= 0.6 is 35.0 Å². The SMILES string of the molecule is CCOC(=O)C[C@H](N)c1cc(I)ccc1F.Cl. The Hall–Kier alpha value is -0.400. The molecule has 6 heteroatoms. The number of hydrogen-bond acceptors (Lipinski definition) is 3. The fraction of sp³-hybridized carbons (Fsp3) is 0.364. The zero-order valence-electron chi connectivity index (χ0n) is 9.28. The summed E-state index contributed by atoms with van der Waals surface area (Å²) in [5.74, 6) is -0.800. The zero-order chi connectivity index (χ0) is 12.1. The Bertz CT molecular complexity index is 390. The van der Waals surface area contributed by atoms with E-state index in [0.29, 0.717) is 12.2 Å². The highest BCUT2D eigenvalue weighted by Crippen LogP contribution is 2.20. The van der Waals surface area contributed by atoms with Crippen LogP contribution in [-0.2, 0) is 9.53 Å². The summed E-state index contributed by atoms with van der Waals surface area (Å²) >= 11 is 2.07. The summed E-state index contributed by atoms with van der Waals surface area (Å²) in [6.45, 7) is 2.02. The highest BCUT2D eigenvalue weighted by molar-refractivity contribution is 14.1. The minimum Gasteiger partial charge on any atom is -0.466 e. The minimum atomic E-state index is -0.659. The third kappa shape index (κ3) is 5.18. The zero-order valence-corrected chi connectivity index (χ0v) is 12.3. The van der Waals surface area contributed by atoms with Gasteiger partial charge in [0.1, 0.15) is 5.82 Å². The lowest BCUT2D eigenvalue weighted by Gasteiger charge is -2.12. The van der Waals surface area contributed by atoms with Crippen LogP contribution in [0, 0.1) is 9.39 Å². The van der Waals surface area contributed by atoms with Crippen molar-refractivity contribution in [2.45, 2.75) is 19.4 Å². The molecule has 0 radical (unpaired) electrons. The molecule has 0 aliphatic heterocycles. The first kappa shape index (κ1) is 16.6. The van der Waals surface area contributed by atoms with Crippen LogP contribution < -0.4 is 5.73 Å². The van der Waals surface area contributed by atoms with Gasteiger partial charge in [-0.05, 0) is 47.7 Å². The summed E-state index contributed by atoms with van der Waals surface area (Å²) in [4.78, 5) is 11.2. The minimum absolute atomic E-state index is 0. The maximum absolute atomic E-state index is 13.4. The molecule has 0 saturated heterocycles. The van der Waals surface area contributed by atoms with Crippen LogP contribution in [-0.4, -0.2) is 12.6 Å². The van der Waals surface area contributed by atoms with E-state index >= 15 is 0 Å². The van der Waals surface area contributed by atoms with Gasteiger partial charge in [-0.15, -0.1) is 12.4 Å². The van der Waals surface area contributed by atoms with Crippen molar-refractivity contribution in [1.29, 1.82) is 0 Å². The molecule has 1 atom stereocenters. The molecule has 1 rings (SSSR count). The second-order valence-corrected chi connectivity index (χ2v) is 4.53. The van der Waals surface area contributed by atoms with Crippen LogP contribution in [0.15, 0.2) is 18.2 Å². The first-order valence-electron chi connectivity index (χ1n) is 4.90. The van der Waals surface area contributed by atoms with Crippen LogP contribution in [0.2, 0.25) is 0 Å². The van der Waals surface area contributed by atoms with E-state index in [-0.39, 0.29) is 18.8 Å². The maximum Gasteiger partial charge on any atom is 0.307 e. The van der Waals surface area contributed by atoms with Crippen molar-refractivity contribution in [2.24, 2.45) is 5.73 Å². The van der Waals surface area contributed by atoms with Gasteiger partial charge in [-0.25, -0.2) is 4.39 Å². The molecule has 0 unspecified atom stereocenters. The van der Waals surface area contributed by atoms with Crippen molar-refractivity contribution in [1.82, 2.24) is 0 Å². The van der Waals surface area contributed by atoms with Gasteiger partial charge in [0.2, 0.25) is 0 Å². The topological polar surface area (TPSA) is 52.3 Å². The molecule has 0 bridgehead atoms. The number of carbonyl (C=O) groups is 1. The van der Waals surface area contributed by atoms with E-state index in [4.69, 9.17) is 10.5 Å². The third-order valence-corrected chi connectivity index (χ3v) is 2.72. The fourth-order valence-corrected chi connectivity index (χ4v) is 1.82. The van der Waals surface area contributed by atoms with Gasteiger partial charge in [-0.3, -0.25) is 4.79 Å². The number of benzene rings is 1. The van der Waals surface area contributed by atoms with Crippen LogP contribution in [0.3, 0.4) is 0 Å². The Labute approximate surface area is 119 Å². The molecule has 96 valence electrons. The molecule has 1 aromatic carbocycles. The first-order valence-corrected chi connectivity index (χ1v) is 5.98. The summed E-state index contributed by atoms with van der Waals surface area (Å²) in [5.41, 5.74) is 6.10. The van der Waals surface area contributed by atoms with Crippen LogP contribution in [0.5, 0.6) is 0 Å². The Balaban J connectivity index is 0.00000256. The quantitative estimate of drug-likeness (QED) is 0.652. The summed E-state index contributed by atoms with van der Waals surface area (Å²) in [5, 5.41) is 0. The molecule has 0 saturated carbocycles. The number of hydrogen-bond donors (Lipinski definition) is 1. The molecular formula is C11H14ClFINO2. The molecule has 2 N–H and O–H groups in total. The predicted octanol–water partition coefficient (Wildman–Crippen LogP) is 2.81. The van der Waals surface area contributed by atoms with E-state index in [9.17, 15) is 9.18 Å². The summed E-state index contributed by atoms with van der Waals surface area (Å²) in [6.07, 6.45) is -0.00907. The van der Waals surface area contributed by atoms with Crippen molar-refractivity contribution in [3.63, 3.8) is 0 Å². The van der Waals surface area contributed by atoms with Gasteiger partial charge in [0.25, 0.3) is 0 Å². The lowest BCUT2D eigenvalue weighted by molar-refractivity contribution is -0.143. The van der Waals surface area contributed by atoms with Crippen LogP contribution in [0.25, 0.3) is 0 Å². The Morgan fingerprint density at radius 1 is 1.59 bits per heavy atom. The van der Waals surface area contributed by atoms with Crippen LogP contribution in [0.1, 0.15) is 24.9 Å². The van der Waals surface area contributed by atoms with E-state index in [1.54, 1.807) is 19.1 Å². The number of rotatable bonds is 4. The Morgan fingerprint density at radius 3 is 2.82 bits per heavy atom. The molecule has 0 fully saturated rings. The molecule has 0 heterocycles. The van der Waals surface area contributed by atoms with Crippen molar-refractivity contribution >= 4 is 41.0 Å². The molecule has 17 heavy (non-hydrogen) atoms. The van der Waals surface area contributed by atoms with E-state index in [0.717, 1.165) is 3.57 Å². The van der Waals surface area contributed by atoms with Crippen molar-refractivity contribution in [3.05, 3.63) is 33.1 Å². The third-order valence-electron chi connectivity index (χ3n) is 2.05. The molecule has 0 spiro atoms. The highest BCUT2D eigenvalue weighted by Gasteiger charge is 2.16. The smallest absolute Gasteiger partial charge is 0.307 e. The van der Waals surface area contributed by atoms with E-state index in [1.807, 2.05) is 0 Å². The van der Waals surface area contributed by atoms with Gasteiger partial charge in [-0.1, -0.05) is 0 Å². The van der Waals surface area contributed by atoms with E-state index < -0.39 is 17.8 Å². The van der Waals surface area contributed by atoms with Gasteiger partial charge < -0.3 is 10.5 Å². The summed E-state index contributed by atoms with van der Waals surface area (Å²) < 4.78 is 19.1.